The smallest absolute Gasteiger partial charge is 0.225 e. The summed E-state index contributed by atoms with van der Waals surface area (Å²) in [6.07, 6.45) is 7.85. The Hall–Kier alpha value is -1.20. The van der Waals surface area contributed by atoms with E-state index in [1.807, 2.05) is 18.5 Å². The summed E-state index contributed by atoms with van der Waals surface area (Å²) >= 11 is 0. The van der Waals surface area contributed by atoms with Crippen LogP contribution in [0.15, 0.2) is 18.5 Å². The van der Waals surface area contributed by atoms with Crippen LogP contribution >= 0.6 is 0 Å². The van der Waals surface area contributed by atoms with Gasteiger partial charge in [0, 0.05) is 57.2 Å². The Bertz CT molecular complexity index is 443. The van der Waals surface area contributed by atoms with E-state index in [9.17, 15) is 0 Å². The average molecular weight is 273 g/mol. The molecule has 4 heterocycles. The van der Waals surface area contributed by atoms with Gasteiger partial charge in [-0.2, -0.15) is 0 Å². The first kappa shape index (κ1) is 12.5. The van der Waals surface area contributed by atoms with Crippen molar-refractivity contribution in [2.45, 2.75) is 31.3 Å². The zero-order valence-electron chi connectivity index (χ0n) is 11.9. The van der Waals surface area contributed by atoms with E-state index in [1.165, 1.54) is 25.8 Å². The van der Waals surface area contributed by atoms with Crippen molar-refractivity contribution in [1.29, 1.82) is 0 Å². The van der Waals surface area contributed by atoms with Crippen LogP contribution in [0.25, 0.3) is 0 Å². The van der Waals surface area contributed by atoms with E-state index in [4.69, 9.17) is 0 Å². The van der Waals surface area contributed by atoms with Crippen molar-refractivity contribution in [2.24, 2.45) is 5.92 Å². The van der Waals surface area contributed by atoms with Crippen LogP contribution in [0.3, 0.4) is 0 Å². The summed E-state index contributed by atoms with van der Waals surface area (Å²) < 4.78 is 0. The average Bonchev–Trinajstić information content (AvgIpc) is 3.12. The summed E-state index contributed by atoms with van der Waals surface area (Å²) in [5.74, 6) is 1.77. The van der Waals surface area contributed by atoms with Crippen molar-refractivity contribution in [3.63, 3.8) is 0 Å². The van der Waals surface area contributed by atoms with Crippen LogP contribution in [0.5, 0.6) is 0 Å². The predicted molar refractivity (Wildman–Crippen MR) is 78.7 cm³/mol. The molecule has 3 fully saturated rings. The number of hydrogen-bond acceptors (Lipinski definition) is 5. The number of rotatable bonds is 3. The van der Waals surface area contributed by atoms with E-state index in [0.29, 0.717) is 0 Å². The second kappa shape index (κ2) is 5.30. The van der Waals surface area contributed by atoms with E-state index in [0.717, 1.165) is 50.1 Å². The topological polar surface area (TPSA) is 44.3 Å². The monoisotopic (exact) mass is 273 g/mol. The minimum atomic E-state index is 0.801. The number of hydrogen-bond donors (Lipinski definition) is 1. The summed E-state index contributed by atoms with van der Waals surface area (Å²) in [5, 5.41) is 3.75. The predicted octanol–water partition coefficient (Wildman–Crippen LogP) is 0.739. The minimum absolute atomic E-state index is 0.801. The molecule has 20 heavy (non-hydrogen) atoms. The lowest BCUT2D eigenvalue weighted by Gasteiger charge is -2.37. The van der Waals surface area contributed by atoms with Gasteiger partial charge in [0.05, 0.1) is 0 Å². The molecule has 108 valence electrons. The van der Waals surface area contributed by atoms with Crippen LogP contribution in [-0.2, 0) is 0 Å². The quantitative estimate of drug-likeness (QED) is 0.880. The molecule has 0 spiro atoms. The molecule has 0 saturated carbocycles. The SMILES string of the molecule is c1cnc(N2CCN(CC3CC4CCC3N4)CC2)nc1. The van der Waals surface area contributed by atoms with Gasteiger partial charge < -0.3 is 10.2 Å². The Morgan fingerprint density at radius 3 is 2.55 bits per heavy atom. The summed E-state index contributed by atoms with van der Waals surface area (Å²) in [6.45, 7) is 5.67. The molecule has 0 radical (unpaired) electrons. The van der Waals surface area contributed by atoms with E-state index in [1.54, 1.807) is 0 Å². The van der Waals surface area contributed by atoms with Gasteiger partial charge in [0.15, 0.2) is 0 Å². The Morgan fingerprint density at radius 2 is 1.90 bits per heavy atom. The number of fused-ring (bicyclic) bond motifs is 2. The van der Waals surface area contributed by atoms with Crippen LogP contribution in [-0.4, -0.2) is 59.7 Å². The van der Waals surface area contributed by atoms with Crippen LogP contribution < -0.4 is 10.2 Å². The summed E-state index contributed by atoms with van der Waals surface area (Å²) in [7, 11) is 0. The van der Waals surface area contributed by atoms with Gasteiger partial charge >= 0.3 is 0 Å². The molecule has 2 bridgehead atoms. The number of nitrogens with zero attached hydrogens (tertiary/aromatic N) is 4. The molecular formula is C15H23N5. The molecule has 4 rings (SSSR count). The molecule has 1 aromatic heterocycles. The van der Waals surface area contributed by atoms with Crippen molar-refractivity contribution in [1.82, 2.24) is 20.2 Å². The second-order valence-corrected chi connectivity index (χ2v) is 6.38. The van der Waals surface area contributed by atoms with Crippen molar-refractivity contribution in [3.05, 3.63) is 18.5 Å². The summed E-state index contributed by atoms with van der Waals surface area (Å²) in [5.41, 5.74) is 0. The second-order valence-electron chi connectivity index (χ2n) is 6.38. The molecule has 3 unspecified atom stereocenters. The van der Waals surface area contributed by atoms with Gasteiger partial charge in [0.25, 0.3) is 0 Å². The van der Waals surface area contributed by atoms with E-state index in [-0.39, 0.29) is 0 Å². The fourth-order valence-corrected chi connectivity index (χ4v) is 4.06. The lowest BCUT2D eigenvalue weighted by Crippen LogP contribution is -2.49. The fraction of sp³-hybridized carbons (Fsp3) is 0.733. The van der Waals surface area contributed by atoms with E-state index >= 15 is 0 Å². The number of anilines is 1. The molecule has 3 saturated heterocycles. The number of aromatic nitrogens is 2. The van der Waals surface area contributed by atoms with Crippen LogP contribution in [0, 0.1) is 5.92 Å². The lowest BCUT2D eigenvalue weighted by atomic mass is 9.88. The first-order valence-corrected chi connectivity index (χ1v) is 7.89. The van der Waals surface area contributed by atoms with Crippen molar-refractivity contribution in [3.8, 4) is 0 Å². The van der Waals surface area contributed by atoms with Gasteiger partial charge in [-0.25, -0.2) is 9.97 Å². The van der Waals surface area contributed by atoms with E-state index < -0.39 is 0 Å². The van der Waals surface area contributed by atoms with E-state index in [2.05, 4.69) is 25.1 Å². The molecule has 1 N–H and O–H groups in total. The van der Waals surface area contributed by atoms with Crippen molar-refractivity contribution < 1.29 is 0 Å². The fourth-order valence-electron chi connectivity index (χ4n) is 4.06. The molecule has 0 amide bonds. The van der Waals surface area contributed by atoms with Crippen LogP contribution in [0.1, 0.15) is 19.3 Å². The summed E-state index contributed by atoms with van der Waals surface area (Å²) in [4.78, 5) is 13.6. The normalized spacial score (nSPS) is 33.8. The standard InChI is InChI=1S/C15H23N5/c1-4-16-15(17-5-1)20-8-6-19(7-9-20)11-12-10-13-2-3-14(12)18-13/h1,4-5,12-14,18H,2-3,6-11H2. The molecule has 3 atom stereocenters. The zero-order valence-corrected chi connectivity index (χ0v) is 11.9. The largest absolute Gasteiger partial charge is 0.338 e. The number of piperazine rings is 1. The highest BCUT2D eigenvalue weighted by atomic mass is 15.3. The number of nitrogens with one attached hydrogen (secondary N) is 1. The van der Waals surface area contributed by atoms with Crippen LogP contribution in [0.4, 0.5) is 5.95 Å². The molecule has 0 aliphatic carbocycles. The van der Waals surface area contributed by atoms with Gasteiger partial charge in [0.2, 0.25) is 5.95 Å². The van der Waals surface area contributed by atoms with Crippen molar-refractivity contribution >= 4 is 5.95 Å². The van der Waals surface area contributed by atoms with Gasteiger partial charge in [-0.1, -0.05) is 0 Å². The molecule has 5 heteroatoms. The molecule has 5 nitrogen and oxygen atoms in total. The highest BCUT2D eigenvalue weighted by molar-refractivity contribution is 5.29. The first-order valence-electron chi connectivity index (χ1n) is 7.89. The Balaban J connectivity index is 1.29. The molecular weight excluding hydrogens is 250 g/mol. The van der Waals surface area contributed by atoms with Gasteiger partial charge in [-0.05, 0) is 31.2 Å². The first-order chi connectivity index (χ1) is 9.88. The third-order valence-corrected chi connectivity index (χ3v) is 5.13. The van der Waals surface area contributed by atoms with Gasteiger partial charge in [-0.3, -0.25) is 4.90 Å². The van der Waals surface area contributed by atoms with Gasteiger partial charge in [0.1, 0.15) is 0 Å². The molecule has 1 aromatic rings. The highest BCUT2D eigenvalue weighted by Gasteiger charge is 2.39. The minimum Gasteiger partial charge on any atom is -0.338 e. The third-order valence-electron chi connectivity index (χ3n) is 5.13. The van der Waals surface area contributed by atoms with Gasteiger partial charge in [-0.15, -0.1) is 0 Å². The maximum absolute atomic E-state index is 4.35. The van der Waals surface area contributed by atoms with Crippen molar-refractivity contribution in [2.75, 3.05) is 37.6 Å². The maximum atomic E-state index is 4.35. The Kier molecular flexibility index (Phi) is 3.32. The molecule has 3 aliphatic rings. The molecule has 3 aliphatic heterocycles. The highest BCUT2D eigenvalue weighted by Crippen LogP contribution is 2.33. The lowest BCUT2D eigenvalue weighted by molar-refractivity contribution is 0.201. The maximum Gasteiger partial charge on any atom is 0.225 e. The third kappa shape index (κ3) is 2.40. The Labute approximate surface area is 120 Å². The zero-order chi connectivity index (χ0) is 13.4. The Morgan fingerprint density at radius 1 is 1.10 bits per heavy atom. The van der Waals surface area contributed by atoms with Crippen LogP contribution in [0.2, 0.25) is 0 Å². The molecule has 0 aromatic carbocycles. The summed E-state index contributed by atoms with van der Waals surface area (Å²) in [6, 6.07) is 3.50.